The highest BCUT2D eigenvalue weighted by molar-refractivity contribution is 4.93. The Morgan fingerprint density at radius 1 is 1.21 bits per heavy atom. The van der Waals surface area contributed by atoms with E-state index in [2.05, 4.69) is 23.6 Å². The Morgan fingerprint density at radius 2 is 1.93 bits per heavy atom. The van der Waals surface area contributed by atoms with Crippen molar-refractivity contribution in [2.24, 2.45) is 0 Å². The minimum atomic E-state index is 0.489. The van der Waals surface area contributed by atoms with Gasteiger partial charge in [-0.05, 0) is 20.3 Å². The lowest BCUT2D eigenvalue weighted by atomic mass is 10.1. The molecule has 2 aliphatic heterocycles. The molecule has 0 aromatic carbocycles. The first-order valence-electron chi connectivity index (χ1n) is 5.71. The van der Waals surface area contributed by atoms with Gasteiger partial charge in [-0.1, -0.05) is 0 Å². The number of methoxy groups -OCH3 is 1. The molecule has 0 N–H and O–H groups in total. The zero-order chi connectivity index (χ0) is 10.1. The van der Waals surface area contributed by atoms with E-state index in [1.54, 1.807) is 0 Å². The van der Waals surface area contributed by atoms with E-state index in [1.807, 2.05) is 7.11 Å². The molecule has 0 aromatic heterocycles. The molecule has 3 nitrogen and oxygen atoms in total. The first kappa shape index (κ1) is 10.4. The van der Waals surface area contributed by atoms with Gasteiger partial charge in [0.2, 0.25) is 0 Å². The Kier molecular flexibility index (Phi) is 3.10. The molecule has 82 valence electrons. The van der Waals surface area contributed by atoms with E-state index in [0.717, 1.165) is 12.6 Å². The average Bonchev–Trinajstić information content (AvgIpc) is 2.49. The molecule has 0 unspecified atom stereocenters. The smallest absolute Gasteiger partial charge is 0.0710 e. The maximum absolute atomic E-state index is 5.38. The van der Waals surface area contributed by atoms with Crippen molar-refractivity contribution in [1.29, 1.82) is 0 Å². The molecule has 0 aliphatic carbocycles. The lowest BCUT2D eigenvalue weighted by molar-refractivity contribution is 0.0159. The number of nitrogens with zero attached hydrogens (tertiary/aromatic N) is 2. The Morgan fingerprint density at radius 3 is 2.43 bits per heavy atom. The van der Waals surface area contributed by atoms with Crippen LogP contribution < -0.4 is 0 Å². The molecule has 2 saturated heterocycles. The SMILES string of the molecule is CO[C@H]1CCN(C2CN(C(C)C)C2)C1. The summed E-state index contributed by atoms with van der Waals surface area (Å²) in [6, 6.07) is 1.52. The summed E-state index contributed by atoms with van der Waals surface area (Å²) in [5.41, 5.74) is 0. The molecule has 0 bridgehead atoms. The molecule has 0 radical (unpaired) electrons. The largest absolute Gasteiger partial charge is 0.380 e. The molecular formula is C11H22N2O. The third kappa shape index (κ3) is 1.95. The third-order valence-electron chi connectivity index (χ3n) is 3.65. The fraction of sp³-hybridized carbons (Fsp3) is 1.00. The summed E-state index contributed by atoms with van der Waals surface area (Å²) in [6.45, 7) is 9.45. The van der Waals surface area contributed by atoms with E-state index >= 15 is 0 Å². The molecular weight excluding hydrogens is 176 g/mol. The highest BCUT2D eigenvalue weighted by atomic mass is 16.5. The summed E-state index contributed by atoms with van der Waals surface area (Å²) in [4.78, 5) is 5.12. The number of hydrogen-bond acceptors (Lipinski definition) is 3. The second kappa shape index (κ2) is 4.17. The van der Waals surface area contributed by atoms with Crippen molar-refractivity contribution in [1.82, 2.24) is 9.80 Å². The number of ether oxygens (including phenoxy) is 1. The monoisotopic (exact) mass is 198 g/mol. The van der Waals surface area contributed by atoms with Crippen molar-refractivity contribution in [3.05, 3.63) is 0 Å². The van der Waals surface area contributed by atoms with Gasteiger partial charge in [-0.15, -0.1) is 0 Å². The van der Waals surface area contributed by atoms with Gasteiger partial charge in [0, 0.05) is 45.4 Å². The topological polar surface area (TPSA) is 15.7 Å². The van der Waals surface area contributed by atoms with Crippen molar-refractivity contribution in [2.75, 3.05) is 33.3 Å². The quantitative estimate of drug-likeness (QED) is 0.667. The predicted octanol–water partition coefficient (Wildman–Crippen LogP) is 0.800. The van der Waals surface area contributed by atoms with E-state index in [4.69, 9.17) is 4.74 Å². The van der Waals surface area contributed by atoms with Crippen LogP contribution in [0.4, 0.5) is 0 Å². The summed E-state index contributed by atoms with van der Waals surface area (Å²) in [7, 11) is 1.83. The van der Waals surface area contributed by atoms with Gasteiger partial charge < -0.3 is 4.74 Å². The van der Waals surface area contributed by atoms with E-state index in [9.17, 15) is 0 Å². The molecule has 2 rings (SSSR count). The predicted molar refractivity (Wildman–Crippen MR) is 57.5 cm³/mol. The summed E-state index contributed by atoms with van der Waals surface area (Å²) in [5.74, 6) is 0. The number of hydrogen-bond donors (Lipinski definition) is 0. The summed E-state index contributed by atoms with van der Waals surface area (Å²) >= 11 is 0. The summed E-state index contributed by atoms with van der Waals surface area (Å²) in [5, 5.41) is 0. The van der Waals surface area contributed by atoms with Gasteiger partial charge in [0.05, 0.1) is 6.10 Å². The minimum Gasteiger partial charge on any atom is -0.380 e. The fourth-order valence-corrected chi connectivity index (χ4v) is 2.42. The van der Waals surface area contributed by atoms with Crippen molar-refractivity contribution in [2.45, 2.75) is 38.5 Å². The Hall–Kier alpha value is -0.120. The van der Waals surface area contributed by atoms with Gasteiger partial charge in [0.25, 0.3) is 0 Å². The van der Waals surface area contributed by atoms with Gasteiger partial charge in [-0.25, -0.2) is 0 Å². The van der Waals surface area contributed by atoms with Crippen LogP contribution in [0.1, 0.15) is 20.3 Å². The molecule has 2 fully saturated rings. The molecule has 0 spiro atoms. The highest BCUT2D eigenvalue weighted by Gasteiger charge is 2.36. The Bertz CT molecular complexity index is 190. The lowest BCUT2D eigenvalue weighted by Gasteiger charge is -2.46. The Balaban J connectivity index is 1.73. The fourth-order valence-electron chi connectivity index (χ4n) is 2.42. The number of likely N-dealkylation sites (tertiary alicyclic amines) is 2. The van der Waals surface area contributed by atoms with Crippen LogP contribution in [0.15, 0.2) is 0 Å². The van der Waals surface area contributed by atoms with Crippen LogP contribution in [0.2, 0.25) is 0 Å². The van der Waals surface area contributed by atoms with E-state index in [1.165, 1.54) is 26.1 Å². The first-order valence-corrected chi connectivity index (χ1v) is 5.71. The van der Waals surface area contributed by atoms with E-state index in [-0.39, 0.29) is 0 Å². The minimum absolute atomic E-state index is 0.489. The molecule has 14 heavy (non-hydrogen) atoms. The molecule has 0 saturated carbocycles. The van der Waals surface area contributed by atoms with Crippen LogP contribution in [-0.4, -0.2) is 61.3 Å². The maximum Gasteiger partial charge on any atom is 0.0710 e. The van der Waals surface area contributed by atoms with Crippen molar-refractivity contribution in [3.8, 4) is 0 Å². The van der Waals surface area contributed by atoms with Gasteiger partial charge >= 0.3 is 0 Å². The summed E-state index contributed by atoms with van der Waals surface area (Å²) < 4.78 is 5.38. The second-order valence-corrected chi connectivity index (χ2v) is 4.84. The molecule has 3 heteroatoms. The second-order valence-electron chi connectivity index (χ2n) is 4.84. The van der Waals surface area contributed by atoms with Crippen LogP contribution in [0.5, 0.6) is 0 Å². The highest BCUT2D eigenvalue weighted by Crippen LogP contribution is 2.22. The zero-order valence-electron chi connectivity index (χ0n) is 9.57. The molecule has 0 amide bonds. The van der Waals surface area contributed by atoms with E-state index < -0.39 is 0 Å². The average molecular weight is 198 g/mol. The van der Waals surface area contributed by atoms with Gasteiger partial charge in [-0.3, -0.25) is 9.80 Å². The lowest BCUT2D eigenvalue weighted by Crippen LogP contribution is -2.60. The first-order chi connectivity index (χ1) is 6.70. The van der Waals surface area contributed by atoms with Crippen molar-refractivity contribution < 1.29 is 4.74 Å². The van der Waals surface area contributed by atoms with Gasteiger partial charge in [0.15, 0.2) is 0 Å². The van der Waals surface area contributed by atoms with Crippen LogP contribution in [-0.2, 0) is 4.74 Å². The summed E-state index contributed by atoms with van der Waals surface area (Å²) in [6.07, 6.45) is 1.71. The normalized spacial score (nSPS) is 31.3. The number of rotatable bonds is 3. The van der Waals surface area contributed by atoms with Gasteiger partial charge in [-0.2, -0.15) is 0 Å². The standard InChI is InChI=1S/C11H22N2O/c1-9(2)13-6-10(7-13)12-5-4-11(8-12)14-3/h9-11H,4-8H2,1-3H3/t11-/m0/s1. The molecule has 1 atom stereocenters. The van der Waals surface area contributed by atoms with Crippen LogP contribution >= 0.6 is 0 Å². The zero-order valence-corrected chi connectivity index (χ0v) is 9.57. The van der Waals surface area contributed by atoms with Crippen molar-refractivity contribution in [3.63, 3.8) is 0 Å². The van der Waals surface area contributed by atoms with Gasteiger partial charge in [0.1, 0.15) is 0 Å². The van der Waals surface area contributed by atoms with Crippen LogP contribution in [0.3, 0.4) is 0 Å². The molecule has 2 heterocycles. The van der Waals surface area contributed by atoms with E-state index in [0.29, 0.717) is 12.1 Å². The Labute approximate surface area is 87.0 Å². The van der Waals surface area contributed by atoms with Crippen molar-refractivity contribution >= 4 is 0 Å². The third-order valence-corrected chi connectivity index (χ3v) is 3.65. The van der Waals surface area contributed by atoms with Crippen LogP contribution in [0.25, 0.3) is 0 Å². The maximum atomic E-state index is 5.38. The van der Waals surface area contributed by atoms with Crippen LogP contribution in [0, 0.1) is 0 Å². The molecule has 2 aliphatic rings. The molecule has 0 aromatic rings.